The lowest BCUT2D eigenvalue weighted by molar-refractivity contribution is -0.158. The molecule has 2 heterocycles. The van der Waals surface area contributed by atoms with Crippen LogP contribution in [0.5, 0.6) is 0 Å². The molecular weight excluding hydrogens is 376 g/mol. The number of rotatable bonds is 7. The molecule has 1 N–H and O–H groups in total. The number of carboxylic acid groups (broad SMARTS) is 1. The van der Waals surface area contributed by atoms with E-state index in [4.69, 9.17) is 9.47 Å². The van der Waals surface area contributed by atoms with E-state index >= 15 is 0 Å². The molecule has 0 radical (unpaired) electrons. The van der Waals surface area contributed by atoms with E-state index in [1.54, 1.807) is 11.8 Å². The summed E-state index contributed by atoms with van der Waals surface area (Å²) in [5.41, 5.74) is 1.14. The number of pyridine rings is 1. The van der Waals surface area contributed by atoms with Crippen molar-refractivity contribution < 1.29 is 29.0 Å². The molecule has 0 saturated heterocycles. The fraction of sp³-hybridized carbons (Fsp3) is 0.619. The summed E-state index contributed by atoms with van der Waals surface area (Å²) in [6, 6.07) is 3.84. The zero-order valence-corrected chi connectivity index (χ0v) is 17.6. The van der Waals surface area contributed by atoms with Crippen molar-refractivity contribution in [1.82, 2.24) is 4.98 Å². The van der Waals surface area contributed by atoms with Crippen molar-refractivity contribution in [2.45, 2.75) is 65.4 Å². The number of fused-ring (bicyclic) bond motifs is 1. The maximum absolute atomic E-state index is 12.5. The van der Waals surface area contributed by atoms with Gasteiger partial charge in [-0.05, 0) is 71.4 Å². The van der Waals surface area contributed by atoms with Crippen molar-refractivity contribution in [3.05, 3.63) is 23.4 Å². The highest BCUT2D eigenvalue weighted by Crippen LogP contribution is 2.27. The molecule has 1 aliphatic heterocycles. The number of ether oxygens (including phenoxy) is 2. The molecule has 2 rings (SSSR count). The summed E-state index contributed by atoms with van der Waals surface area (Å²) in [5, 5.41) is 9.24. The highest BCUT2D eigenvalue weighted by atomic mass is 16.6. The lowest BCUT2D eigenvalue weighted by Gasteiger charge is -2.31. The molecule has 1 amide bonds. The van der Waals surface area contributed by atoms with Crippen molar-refractivity contribution in [3.63, 3.8) is 0 Å². The summed E-state index contributed by atoms with van der Waals surface area (Å²) in [5.74, 6) is -2.47. The molecule has 1 aromatic heterocycles. The first-order valence-electron chi connectivity index (χ1n) is 10.0. The number of nitrogens with zero attached hydrogens (tertiary/aromatic N) is 2. The van der Waals surface area contributed by atoms with Gasteiger partial charge in [-0.1, -0.05) is 6.07 Å². The van der Waals surface area contributed by atoms with Crippen LogP contribution in [0.2, 0.25) is 0 Å². The first-order chi connectivity index (χ1) is 13.6. The van der Waals surface area contributed by atoms with Crippen LogP contribution < -0.4 is 4.90 Å². The average molecular weight is 406 g/mol. The monoisotopic (exact) mass is 406 g/mol. The Balaban J connectivity index is 2.07. The first-order valence-corrected chi connectivity index (χ1v) is 10.0. The molecule has 1 unspecified atom stereocenters. The zero-order valence-electron chi connectivity index (χ0n) is 17.6. The zero-order chi connectivity index (χ0) is 21.6. The van der Waals surface area contributed by atoms with Crippen molar-refractivity contribution in [1.29, 1.82) is 0 Å². The highest BCUT2D eigenvalue weighted by Gasteiger charge is 2.29. The molecule has 29 heavy (non-hydrogen) atoms. The van der Waals surface area contributed by atoms with Crippen LogP contribution >= 0.6 is 0 Å². The second-order valence-electron chi connectivity index (χ2n) is 8.06. The third-order valence-corrected chi connectivity index (χ3v) is 4.51. The van der Waals surface area contributed by atoms with Gasteiger partial charge in [0.1, 0.15) is 11.4 Å². The lowest BCUT2D eigenvalue weighted by Crippen LogP contribution is -2.40. The third kappa shape index (κ3) is 6.44. The van der Waals surface area contributed by atoms with E-state index < -0.39 is 29.6 Å². The van der Waals surface area contributed by atoms with Crippen LogP contribution in [0.25, 0.3) is 0 Å². The average Bonchev–Trinajstić information content (AvgIpc) is 2.63. The first kappa shape index (κ1) is 22.6. The van der Waals surface area contributed by atoms with E-state index in [9.17, 15) is 19.5 Å². The number of carbonyl (C=O) groups is 3. The van der Waals surface area contributed by atoms with Gasteiger partial charge in [0.25, 0.3) is 0 Å². The second-order valence-corrected chi connectivity index (χ2v) is 8.06. The lowest BCUT2D eigenvalue weighted by atomic mass is 10.0. The molecule has 0 bridgehead atoms. The minimum absolute atomic E-state index is 0.148. The van der Waals surface area contributed by atoms with Gasteiger partial charge < -0.3 is 14.6 Å². The molecule has 0 fully saturated rings. The van der Waals surface area contributed by atoms with Crippen LogP contribution in [0.3, 0.4) is 0 Å². The van der Waals surface area contributed by atoms with Gasteiger partial charge in [-0.15, -0.1) is 0 Å². The molecular formula is C21H30N2O6. The molecule has 160 valence electrons. The summed E-state index contributed by atoms with van der Waals surface area (Å²) in [7, 11) is 0. The minimum Gasteiger partial charge on any atom is -0.481 e. The fourth-order valence-corrected chi connectivity index (χ4v) is 3.19. The Bertz CT molecular complexity index is 756. The molecule has 8 nitrogen and oxygen atoms in total. The molecule has 0 aromatic carbocycles. The van der Waals surface area contributed by atoms with E-state index in [0.29, 0.717) is 25.2 Å². The molecule has 0 aliphatic carbocycles. The Kier molecular flexibility index (Phi) is 7.59. The molecule has 0 spiro atoms. The van der Waals surface area contributed by atoms with Gasteiger partial charge in [0, 0.05) is 12.2 Å². The van der Waals surface area contributed by atoms with Crippen molar-refractivity contribution >= 4 is 23.8 Å². The Labute approximate surface area is 171 Å². The van der Waals surface area contributed by atoms with E-state index in [0.717, 1.165) is 24.1 Å². The predicted molar refractivity (Wildman–Crippen MR) is 107 cm³/mol. The molecule has 0 saturated carbocycles. The van der Waals surface area contributed by atoms with E-state index in [2.05, 4.69) is 4.98 Å². The van der Waals surface area contributed by atoms with E-state index in [1.807, 2.05) is 32.9 Å². The standard InChI is InChI=1S/C21H30N2O6/c1-5-28-19(26)16(18(24)25)10-6-9-15-12-11-14-8-7-13-23(17(14)22-15)20(27)29-21(2,3)4/h11-12,16H,5-10,13H2,1-4H3,(H,24,25). The van der Waals surface area contributed by atoms with Crippen LogP contribution in [-0.4, -0.2) is 46.9 Å². The molecule has 1 atom stereocenters. The quantitative estimate of drug-likeness (QED) is 0.547. The second kappa shape index (κ2) is 9.71. The fourth-order valence-electron chi connectivity index (χ4n) is 3.19. The number of aliphatic carboxylic acids is 1. The van der Waals surface area contributed by atoms with Gasteiger partial charge in [-0.3, -0.25) is 14.5 Å². The third-order valence-electron chi connectivity index (χ3n) is 4.51. The van der Waals surface area contributed by atoms with Gasteiger partial charge in [0.2, 0.25) is 0 Å². The van der Waals surface area contributed by atoms with Crippen LogP contribution in [0.1, 0.15) is 58.2 Å². The maximum atomic E-state index is 12.5. The Morgan fingerprint density at radius 1 is 1.28 bits per heavy atom. The Morgan fingerprint density at radius 2 is 2.00 bits per heavy atom. The molecule has 8 heteroatoms. The Morgan fingerprint density at radius 3 is 2.62 bits per heavy atom. The van der Waals surface area contributed by atoms with Crippen LogP contribution in [0, 0.1) is 5.92 Å². The van der Waals surface area contributed by atoms with Crippen LogP contribution in [0.15, 0.2) is 12.1 Å². The van der Waals surface area contributed by atoms with Crippen molar-refractivity contribution in [3.8, 4) is 0 Å². The molecule has 1 aromatic rings. The minimum atomic E-state index is -1.18. The Hall–Kier alpha value is -2.64. The number of amides is 1. The summed E-state index contributed by atoms with van der Waals surface area (Å²) in [6.45, 7) is 7.80. The normalized spacial score (nSPS) is 14.7. The van der Waals surface area contributed by atoms with E-state index in [-0.39, 0.29) is 13.0 Å². The topological polar surface area (TPSA) is 106 Å². The number of hydrogen-bond donors (Lipinski definition) is 1. The highest BCUT2D eigenvalue weighted by molar-refractivity contribution is 5.93. The van der Waals surface area contributed by atoms with Gasteiger partial charge in [-0.25, -0.2) is 9.78 Å². The number of anilines is 1. The maximum Gasteiger partial charge on any atom is 0.416 e. The van der Waals surface area contributed by atoms with Gasteiger partial charge >= 0.3 is 18.0 Å². The van der Waals surface area contributed by atoms with Gasteiger partial charge in [0.05, 0.1) is 6.61 Å². The largest absolute Gasteiger partial charge is 0.481 e. The predicted octanol–water partition coefficient (Wildman–Crippen LogP) is 3.36. The molecule has 1 aliphatic rings. The number of carboxylic acids is 1. The summed E-state index contributed by atoms with van der Waals surface area (Å²) < 4.78 is 10.3. The number of aromatic nitrogens is 1. The summed E-state index contributed by atoms with van der Waals surface area (Å²) >= 11 is 0. The number of esters is 1. The van der Waals surface area contributed by atoms with Gasteiger partial charge in [0.15, 0.2) is 5.92 Å². The number of hydrogen-bond acceptors (Lipinski definition) is 6. The number of aryl methyl sites for hydroxylation is 2. The van der Waals surface area contributed by atoms with Crippen molar-refractivity contribution in [2.75, 3.05) is 18.1 Å². The smallest absolute Gasteiger partial charge is 0.416 e. The SMILES string of the molecule is CCOC(=O)C(CCCc1ccc2c(n1)N(C(=O)OC(C)(C)C)CCC2)C(=O)O. The summed E-state index contributed by atoms with van der Waals surface area (Å²) in [4.78, 5) is 41.8. The van der Waals surface area contributed by atoms with Crippen LogP contribution in [0.4, 0.5) is 10.6 Å². The summed E-state index contributed by atoms with van der Waals surface area (Å²) in [6.07, 6.45) is 2.39. The van der Waals surface area contributed by atoms with Crippen molar-refractivity contribution in [2.24, 2.45) is 5.92 Å². The van der Waals surface area contributed by atoms with E-state index in [1.165, 1.54) is 0 Å². The number of carbonyl (C=O) groups excluding carboxylic acids is 2. The van der Waals surface area contributed by atoms with Gasteiger partial charge in [-0.2, -0.15) is 0 Å². The van der Waals surface area contributed by atoms with Crippen LogP contribution in [-0.2, 0) is 31.9 Å².